The van der Waals surface area contributed by atoms with Gasteiger partial charge in [-0.05, 0) is 44.9 Å². The Kier molecular flexibility index (Phi) is 9.40. The maximum atomic E-state index is 13.0. The predicted octanol–water partition coefficient (Wildman–Crippen LogP) is 2.22. The molecule has 0 aromatic carbocycles. The number of carbonyl (C=O) groups excluding carboxylic acids is 3. The van der Waals surface area contributed by atoms with E-state index in [0.717, 1.165) is 17.0 Å². The molecule has 0 aliphatic carbocycles. The number of aromatic nitrogens is 1. The standard InChI is InChI=1S/C17H26FN5O6S2/c1-17(2,3)28-16(26)20-12(9-13(24)23(30-4)15-19-6-7-27-15)31-8-5-11-14(25)29-21-22(11)10-18/h6-7,11-12,21H,5,8-10H2,1-4H3,(H,20,26). The number of amides is 2. The van der Waals surface area contributed by atoms with Gasteiger partial charge in [0.1, 0.15) is 17.9 Å². The van der Waals surface area contributed by atoms with Crippen LogP contribution in [0.4, 0.5) is 15.2 Å². The van der Waals surface area contributed by atoms with Crippen molar-refractivity contribution >= 4 is 47.7 Å². The largest absolute Gasteiger partial charge is 0.444 e. The number of carbonyl (C=O) groups is 3. The molecule has 1 aliphatic rings. The zero-order chi connectivity index (χ0) is 23.0. The van der Waals surface area contributed by atoms with E-state index in [1.54, 1.807) is 27.0 Å². The molecule has 2 amide bonds. The Morgan fingerprint density at radius 3 is 2.81 bits per heavy atom. The van der Waals surface area contributed by atoms with Crippen LogP contribution in [-0.4, -0.2) is 63.8 Å². The molecule has 31 heavy (non-hydrogen) atoms. The number of halogens is 1. The minimum Gasteiger partial charge on any atom is -0.444 e. The van der Waals surface area contributed by atoms with Gasteiger partial charge in [-0.2, -0.15) is 5.01 Å². The molecule has 2 rings (SSSR count). The summed E-state index contributed by atoms with van der Waals surface area (Å²) in [6.07, 6.45) is 3.93. The van der Waals surface area contributed by atoms with E-state index in [4.69, 9.17) is 9.15 Å². The fourth-order valence-electron chi connectivity index (χ4n) is 2.50. The van der Waals surface area contributed by atoms with Gasteiger partial charge < -0.3 is 19.3 Å². The van der Waals surface area contributed by atoms with E-state index >= 15 is 0 Å². The summed E-state index contributed by atoms with van der Waals surface area (Å²) in [5.74, 6) is -0.608. The Hall–Kier alpha value is -2.03. The monoisotopic (exact) mass is 479 g/mol. The molecule has 1 aromatic rings. The number of nitrogens with one attached hydrogen (secondary N) is 2. The SMILES string of the molecule is CSN(C(=O)CC(NC(=O)OC(C)(C)C)SCCC1C(=O)ONN1CF)c1ncco1. The summed E-state index contributed by atoms with van der Waals surface area (Å²) in [5.41, 5.74) is 1.49. The summed E-state index contributed by atoms with van der Waals surface area (Å²) >= 11 is 2.34. The molecule has 2 unspecified atom stereocenters. The van der Waals surface area contributed by atoms with Crippen molar-refractivity contribution in [3.05, 3.63) is 12.5 Å². The normalized spacial score (nSPS) is 17.8. The lowest BCUT2D eigenvalue weighted by Crippen LogP contribution is -2.41. The highest BCUT2D eigenvalue weighted by Crippen LogP contribution is 2.24. The smallest absolute Gasteiger partial charge is 0.408 e. The first-order chi connectivity index (χ1) is 14.6. The van der Waals surface area contributed by atoms with E-state index < -0.39 is 35.9 Å². The number of anilines is 1. The molecule has 1 saturated heterocycles. The predicted molar refractivity (Wildman–Crippen MR) is 113 cm³/mol. The van der Waals surface area contributed by atoms with Crippen LogP contribution in [0.3, 0.4) is 0 Å². The van der Waals surface area contributed by atoms with Gasteiger partial charge in [-0.1, -0.05) is 5.59 Å². The zero-order valence-electron chi connectivity index (χ0n) is 17.6. The lowest BCUT2D eigenvalue weighted by atomic mass is 10.2. The van der Waals surface area contributed by atoms with E-state index in [9.17, 15) is 18.8 Å². The van der Waals surface area contributed by atoms with Crippen LogP contribution < -0.4 is 15.2 Å². The van der Waals surface area contributed by atoms with Crippen molar-refractivity contribution < 1.29 is 32.8 Å². The number of nitrogens with zero attached hydrogens (tertiary/aromatic N) is 3. The number of hydrogen-bond acceptors (Lipinski definition) is 11. The molecule has 0 saturated carbocycles. The Balaban J connectivity index is 2.00. The highest BCUT2D eigenvalue weighted by atomic mass is 32.2. The van der Waals surface area contributed by atoms with Crippen molar-refractivity contribution in [2.45, 2.75) is 50.6 Å². The molecule has 0 radical (unpaired) electrons. The van der Waals surface area contributed by atoms with Crippen LogP contribution in [0, 0.1) is 0 Å². The number of alkyl carbamates (subject to hydrolysis) is 1. The molecular weight excluding hydrogens is 453 g/mol. The van der Waals surface area contributed by atoms with Gasteiger partial charge in [0.05, 0.1) is 18.0 Å². The van der Waals surface area contributed by atoms with Crippen molar-refractivity contribution in [3.8, 4) is 0 Å². The second-order valence-corrected chi connectivity index (χ2v) is 9.34. The van der Waals surface area contributed by atoms with Crippen LogP contribution in [0.25, 0.3) is 0 Å². The number of rotatable bonds is 10. The Morgan fingerprint density at radius 1 is 1.48 bits per heavy atom. The number of ether oxygens (including phenoxy) is 1. The van der Waals surface area contributed by atoms with Gasteiger partial charge in [0.25, 0.3) is 0 Å². The fraction of sp³-hybridized carbons (Fsp3) is 0.647. The minimum absolute atomic E-state index is 0.0900. The molecule has 2 atom stereocenters. The molecule has 0 bridgehead atoms. The van der Waals surface area contributed by atoms with Crippen LogP contribution in [0.2, 0.25) is 0 Å². The van der Waals surface area contributed by atoms with Crippen LogP contribution in [0.1, 0.15) is 33.6 Å². The lowest BCUT2D eigenvalue weighted by Gasteiger charge is -2.24. The van der Waals surface area contributed by atoms with E-state index in [1.807, 2.05) is 0 Å². The number of hydrogen-bond donors (Lipinski definition) is 2. The Bertz CT molecular complexity index is 748. The summed E-state index contributed by atoms with van der Waals surface area (Å²) in [6, 6.07) is -0.678. The van der Waals surface area contributed by atoms with Crippen LogP contribution in [-0.2, 0) is 19.2 Å². The van der Waals surface area contributed by atoms with Crippen molar-refractivity contribution in [2.75, 3.05) is 23.1 Å². The van der Waals surface area contributed by atoms with Gasteiger partial charge >= 0.3 is 18.1 Å². The first-order valence-electron chi connectivity index (χ1n) is 9.31. The summed E-state index contributed by atoms with van der Waals surface area (Å²) in [4.78, 5) is 45.3. The van der Waals surface area contributed by atoms with Crippen LogP contribution in [0.15, 0.2) is 16.9 Å². The minimum atomic E-state index is -0.905. The maximum Gasteiger partial charge on any atom is 0.408 e. The van der Waals surface area contributed by atoms with Crippen molar-refractivity contribution in [1.82, 2.24) is 20.9 Å². The quantitative estimate of drug-likeness (QED) is 0.291. The summed E-state index contributed by atoms with van der Waals surface area (Å²) in [6.45, 7) is 4.27. The van der Waals surface area contributed by atoms with Gasteiger partial charge in [0.2, 0.25) is 5.91 Å². The van der Waals surface area contributed by atoms with E-state index in [1.165, 1.54) is 28.5 Å². The van der Waals surface area contributed by atoms with Crippen LogP contribution in [0.5, 0.6) is 0 Å². The lowest BCUT2D eigenvalue weighted by molar-refractivity contribution is -0.144. The molecule has 1 fully saturated rings. The molecule has 11 nitrogen and oxygen atoms in total. The third-order valence-electron chi connectivity index (χ3n) is 3.79. The van der Waals surface area contributed by atoms with E-state index in [-0.39, 0.29) is 24.8 Å². The number of thioether (sulfide) groups is 1. The van der Waals surface area contributed by atoms with Crippen molar-refractivity contribution in [3.63, 3.8) is 0 Å². The second-order valence-electron chi connectivity index (χ2n) is 7.30. The first kappa shape index (κ1) is 25.2. The average molecular weight is 480 g/mol. The highest BCUT2D eigenvalue weighted by molar-refractivity contribution is 8.00. The molecular formula is C17H26FN5O6S2. The van der Waals surface area contributed by atoms with Gasteiger partial charge in [-0.25, -0.2) is 23.3 Å². The van der Waals surface area contributed by atoms with Crippen molar-refractivity contribution in [1.29, 1.82) is 0 Å². The second kappa shape index (κ2) is 11.5. The van der Waals surface area contributed by atoms with E-state index in [2.05, 4.69) is 20.7 Å². The summed E-state index contributed by atoms with van der Waals surface area (Å²) in [7, 11) is 0. The molecule has 1 aliphatic heterocycles. The van der Waals surface area contributed by atoms with Gasteiger partial charge in [-0.3, -0.25) is 4.79 Å². The topological polar surface area (TPSA) is 126 Å². The van der Waals surface area contributed by atoms with Gasteiger partial charge in [0.15, 0.2) is 6.80 Å². The number of alkyl halides is 1. The number of oxazole rings is 1. The molecule has 2 heterocycles. The molecule has 174 valence electrons. The van der Waals surface area contributed by atoms with Gasteiger partial charge in [-0.15, -0.1) is 11.8 Å². The molecule has 1 aromatic heterocycles. The first-order valence-corrected chi connectivity index (χ1v) is 11.5. The Labute approximate surface area is 187 Å². The Morgan fingerprint density at radius 2 is 2.23 bits per heavy atom. The van der Waals surface area contributed by atoms with Crippen LogP contribution >= 0.6 is 23.7 Å². The molecule has 14 heteroatoms. The van der Waals surface area contributed by atoms with Gasteiger partial charge in [0, 0.05) is 6.26 Å². The third-order valence-corrected chi connectivity index (χ3v) is 5.67. The molecule has 2 N–H and O–H groups in total. The fourth-order valence-corrected chi connectivity index (χ4v) is 4.11. The molecule has 0 spiro atoms. The van der Waals surface area contributed by atoms with E-state index in [0.29, 0.717) is 5.75 Å². The highest BCUT2D eigenvalue weighted by Gasteiger charge is 2.35. The zero-order valence-corrected chi connectivity index (χ0v) is 19.3. The van der Waals surface area contributed by atoms with Crippen molar-refractivity contribution in [2.24, 2.45) is 0 Å². The third kappa shape index (κ3) is 7.87. The average Bonchev–Trinajstić information content (AvgIpc) is 3.31. The summed E-state index contributed by atoms with van der Waals surface area (Å²) < 4.78 is 24.7. The summed E-state index contributed by atoms with van der Waals surface area (Å²) in [5, 5.41) is 3.03. The number of hydrazine groups is 1. The maximum absolute atomic E-state index is 13.0.